The van der Waals surface area contributed by atoms with Gasteiger partial charge >= 0.3 is 0 Å². The SMILES string of the molecule is Cc1cc(C(N)=O)ccc1NC(=O)C1CC(C)CCN1. The number of hydrogen-bond acceptors (Lipinski definition) is 3. The maximum atomic E-state index is 12.2. The average Bonchev–Trinajstić information content (AvgIpc) is 2.40. The molecule has 5 heteroatoms. The predicted octanol–water partition coefficient (Wildman–Crippen LogP) is 1.42. The Labute approximate surface area is 118 Å². The zero-order valence-electron chi connectivity index (χ0n) is 11.9. The van der Waals surface area contributed by atoms with Crippen LogP contribution in [0.3, 0.4) is 0 Å². The molecule has 1 aromatic rings. The van der Waals surface area contributed by atoms with E-state index in [2.05, 4.69) is 17.6 Å². The summed E-state index contributed by atoms with van der Waals surface area (Å²) in [6, 6.07) is 4.89. The highest BCUT2D eigenvalue weighted by atomic mass is 16.2. The van der Waals surface area contributed by atoms with E-state index in [1.807, 2.05) is 6.92 Å². The average molecular weight is 275 g/mol. The third-order valence-electron chi connectivity index (χ3n) is 3.75. The molecular formula is C15H21N3O2. The van der Waals surface area contributed by atoms with Crippen molar-refractivity contribution in [3.8, 4) is 0 Å². The Morgan fingerprint density at radius 2 is 2.15 bits per heavy atom. The topological polar surface area (TPSA) is 84.2 Å². The first kappa shape index (κ1) is 14.5. The molecule has 20 heavy (non-hydrogen) atoms. The summed E-state index contributed by atoms with van der Waals surface area (Å²) in [6.07, 6.45) is 1.96. The van der Waals surface area contributed by atoms with Gasteiger partial charge in [-0.15, -0.1) is 0 Å². The normalized spacial score (nSPS) is 22.3. The summed E-state index contributed by atoms with van der Waals surface area (Å²) in [5, 5.41) is 6.15. The molecule has 2 atom stereocenters. The molecule has 1 aliphatic rings. The third kappa shape index (κ3) is 3.36. The van der Waals surface area contributed by atoms with Crippen LogP contribution in [0.15, 0.2) is 18.2 Å². The van der Waals surface area contributed by atoms with Crippen LogP contribution < -0.4 is 16.4 Å². The first-order valence-electron chi connectivity index (χ1n) is 6.92. The van der Waals surface area contributed by atoms with Crippen LogP contribution >= 0.6 is 0 Å². The summed E-state index contributed by atoms with van der Waals surface area (Å²) < 4.78 is 0. The molecule has 2 unspecified atom stereocenters. The van der Waals surface area contributed by atoms with Gasteiger partial charge in [0.15, 0.2) is 0 Å². The molecule has 108 valence electrons. The first-order valence-corrected chi connectivity index (χ1v) is 6.92. The maximum Gasteiger partial charge on any atom is 0.248 e. The Morgan fingerprint density at radius 3 is 2.75 bits per heavy atom. The Hall–Kier alpha value is -1.88. The molecule has 5 nitrogen and oxygen atoms in total. The Morgan fingerprint density at radius 1 is 1.40 bits per heavy atom. The van der Waals surface area contributed by atoms with Crippen LogP contribution in [0, 0.1) is 12.8 Å². The minimum Gasteiger partial charge on any atom is -0.366 e. The van der Waals surface area contributed by atoms with E-state index in [4.69, 9.17) is 5.73 Å². The van der Waals surface area contributed by atoms with E-state index in [1.165, 1.54) is 0 Å². The number of hydrogen-bond donors (Lipinski definition) is 3. The van der Waals surface area contributed by atoms with E-state index in [0.717, 1.165) is 30.6 Å². The van der Waals surface area contributed by atoms with Crippen LogP contribution in [0.25, 0.3) is 0 Å². The number of carbonyl (C=O) groups excluding carboxylic acids is 2. The van der Waals surface area contributed by atoms with Crippen molar-refractivity contribution in [1.29, 1.82) is 0 Å². The molecule has 0 bridgehead atoms. The zero-order chi connectivity index (χ0) is 14.7. The third-order valence-corrected chi connectivity index (χ3v) is 3.75. The van der Waals surface area contributed by atoms with E-state index in [-0.39, 0.29) is 11.9 Å². The van der Waals surface area contributed by atoms with Gasteiger partial charge in [-0.1, -0.05) is 6.92 Å². The van der Waals surface area contributed by atoms with Gasteiger partial charge in [0.1, 0.15) is 0 Å². The smallest absolute Gasteiger partial charge is 0.248 e. The number of rotatable bonds is 3. The number of anilines is 1. The molecule has 4 N–H and O–H groups in total. The fourth-order valence-corrected chi connectivity index (χ4v) is 2.48. The van der Waals surface area contributed by atoms with Gasteiger partial charge in [0, 0.05) is 11.3 Å². The molecule has 1 saturated heterocycles. The number of piperidine rings is 1. The van der Waals surface area contributed by atoms with Crippen molar-refractivity contribution in [2.75, 3.05) is 11.9 Å². The molecule has 1 aliphatic heterocycles. The standard InChI is InChI=1S/C15H21N3O2/c1-9-5-6-17-13(7-9)15(20)18-12-4-3-11(14(16)19)8-10(12)2/h3-4,8-9,13,17H,5-7H2,1-2H3,(H2,16,19)(H,18,20). The lowest BCUT2D eigenvalue weighted by molar-refractivity contribution is -0.119. The summed E-state index contributed by atoms with van der Waals surface area (Å²) in [4.78, 5) is 23.3. The van der Waals surface area contributed by atoms with Crippen LogP contribution in [0.2, 0.25) is 0 Å². The van der Waals surface area contributed by atoms with E-state index < -0.39 is 5.91 Å². The molecular weight excluding hydrogens is 254 g/mol. The van der Waals surface area contributed by atoms with Gasteiger partial charge < -0.3 is 16.4 Å². The highest BCUT2D eigenvalue weighted by Crippen LogP contribution is 2.19. The monoisotopic (exact) mass is 275 g/mol. The Kier molecular flexibility index (Phi) is 4.39. The lowest BCUT2D eigenvalue weighted by Crippen LogP contribution is -2.45. The van der Waals surface area contributed by atoms with Gasteiger partial charge in [0.05, 0.1) is 6.04 Å². The molecule has 1 fully saturated rings. The maximum absolute atomic E-state index is 12.2. The second-order valence-electron chi connectivity index (χ2n) is 5.52. The Bertz CT molecular complexity index is 528. The van der Waals surface area contributed by atoms with Crippen molar-refractivity contribution < 1.29 is 9.59 Å². The van der Waals surface area contributed by atoms with Crippen LogP contribution in [0.5, 0.6) is 0 Å². The van der Waals surface area contributed by atoms with Crippen molar-refractivity contribution in [2.24, 2.45) is 11.7 Å². The minimum atomic E-state index is -0.464. The fraction of sp³-hybridized carbons (Fsp3) is 0.467. The number of benzene rings is 1. The number of amides is 2. The first-order chi connectivity index (χ1) is 9.47. The van der Waals surface area contributed by atoms with Gasteiger partial charge in [-0.25, -0.2) is 0 Å². The van der Waals surface area contributed by atoms with Crippen molar-refractivity contribution in [3.63, 3.8) is 0 Å². The summed E-state index contributed by atoms with van der Waals surface area (Å²) in [5.41, 5.74) is 7.23. The quantitative estimate of drug-likeness (QED) is 0.780. The van der Waals surface area contributed by atoms with E-state index in [0.29, 0.717) is 11.5 Å². The molecule has 0 aromatic heterocycles. The van der Waals surface area contributed by atoms with Crippen molar-refractivity contribution in [2.45, 2.75) is 32.7 Å². The molecule has 0 radical (unpaired) electrons. The second-order valence-corrected chi connectivity index (χ2v) is 5.52. The minimum absolute atomic E-state index is 0.0218. The highest BCUT2D eigenvalue weighted by molar-refractivity contribution is 5.97. The number of nitrogens with two attached hydrogens (primary N) is 1. The summed E-state index contributed by atoms with van der Waals surface area (Å²) in [7, 11) is 0. The molecule has 1 heterocycles. The van der Waals surface area contributed by atoms with Gasteiger partial charge in [0.2, 0.25) is 11.8 Å². The second kappa shape index (κ2) is 6.05. The van der Waals surface area contributed by atoms with Crippen LogP contribution in [-0.2, 0) is 4.79 Å². The summed E-state index contributed by atoms with van der Waals surface area (Å²) >= 11 is 0. The molecule has 2 amide bonds. The number of nitrogens with one attached hydrogen (secondary N) is 2. The molecule has 0 aliphatic carbocycles. The zero-order valence-corrected chi connectivity index (χ0v) is 11.9. The van der Waals surface area contributed by atoms with Crippen LogP contribution in [0.4, 0.5) is 5.69 Å². The van der Waals surface area contributed by atoms with Crippen LogP contribution in [-0.4, -0.2) is 24.4 Å². The van der Waals surface area contributed by atoms with E-state index in [9.17, 15) is 9.59 Å². The van der Waals surface area contributed by atoms with Gasteiger partial charge in [-0.2, -0.15) is 0 Å². The molecule has 0 saturated carbocycles. The van der Waals surface area contributed by atoms with Gasteiger partial charge in [-0.05, 0) is 56.0 Å². The van der Waals surface area contributed by atoms with E-state index >= 15 is 0 Å². The Balaban J connectivity index is 2.06. The van der Waals surface area contributed by atoms with Crippen LogP contribution in [0.1, 0.15) is 35.7 Å². The number of primary amides is 1. The lowest BCUT2D eigenvalue weighted by Gasteiger charge is -2.27. The highest BCUT2D eigenvalue weighted by Gasteiger charge is 2.24. The molecule has 1 aromatic carbocycles. The number of aryl methyl sites for hydroxylation is 1. The van der Waals surface area contributed by atoms with Gasteiger partial charge in [0.25, 0.3) is 0 Å². The summed E-state index contributed by atoms with van der Waals surface area (Å²) in [5.74, 6) is 0.0746. The van der Waals surface area contributed by atoms with Crippen molar-refractivity contribution in [1.82, 2.24) is 5.32 Å². The van der Waals surface area contributed by atoms with E-state index in [1.54, 1.807) is 18.2 Å². The number of carbonyl (C=O) groups is 2. The molecule has 0 spiro atoms. The summed E-state index contributed by atoms with van der Waals surface area (Å²) in [6.45, 7) is 4.88. The fourth-order valence-electron chi connectivity index (χ4n) is 2.48. The predicted molar refractivity (Wildman–Crippen MR) is 78.5 cm³/mol. The largest absolute Gasteiger partial charge is 0.366 e. The lowest BCUT2D eigenvalue weighted by atomic mass is 9.94. The van der Waals surface area contributed by atoms with Gasteiger partial charge in [-0.3, -0.25) is 9.59 Å². The molecule has 2 rings (SSSR count). The van der Waals surface area contributed by atoms with Crippen molar-refractivity contribution in [3.05, 3.63) is 29.3 Å². The van der Waals surface area contributed by atoms with Crippen molar-refractivity contribution >= 4 is 17.5 Å².